The molecule has 39 heavy (non-hydrogen) atoms. The van der Waals surface area contributed by atoms with E-state index in [9.17, 15) is 35.1 Å². The Hall–Kier alpha value is -3.04. The maximum Gasteiger partial charge on any atom is 0.337 e. The molecule has 4 rings (SSSR count). The highest BCUT2D eigenvalue weighted by molar-refractivity contribution is 5.89. The first kappa shape index (κ1) is 29.0. The summed E-state index contributed by atoms with van der Waals surface area (Å²) in [5.41, 5.74) is 0.816. The minimum atomic E-state index is -1.71. The Morgan fingerprint density at radius 3 is 2.44 bits per heavy atom. The normalized spacial score (nSPS) is 36.4. The minimum Gasteiger partial charge on any atom is -0.508 e. The Kier molecular flexibility index (Phi) is 9.23. The van der Waals surface area contributed by atoms with E-state index >= 15 is 0 Å². The summed E-state index contributed by atoms with van der Waals surface area (Å²) < 4.78 is 32.6. The number of phenolic OH excluding ortho intramolecular Hbond substituents is 1. The third kappa shape index (κ3) is 6.58. The molecular weight excluding hydrogens is 520 g/mol. The fraction of sp³-hybridized carbons (Fsp3) is 0.538. The number of fused-ring (bicyclic) bond motifs is 1. The van der Waals surface area contributed by atoms with Crippen LogP contribution in [-0.2, 0) is 38.0 Å². The number of aromatic hydroxyl groups is 1. The van der Waals surface area contributed by atoms with E-state index in [-0.39, 0.29) is 17.7 Å². The van der Waals surface area contributed by atoms with Gasteiger partial charge in [0, 0.05) is 18.4 Å². The molecular formula is C26H32O13. The average molecular weight is 553 g/mol. The van der Waals surface area contributed by atoms with Gasteiger partial charge in [-0.2, -0.15) is 0 Å². The van der Waals surface area contributed by atoms with Crippen LogP contribution >= 0.6 is 0 Å². The van der Waals surface area contributed by atoms with Gasteiger partial charge in [0.2, 0.25) is 6.29 Å². The monoisotopic (exact) mass is 552 g/mol. The van der Waals surface area contributed by atoms with Gasteiger partial charge in [0.05, 0.1) is 31.0 Å². The predicted octanol–water partition coefficient (Wildman–Crippen LogP) is -0.454. The first-order chi connectivity index (χ1) is 18.6. The highest BCUT2D eigenvalue weighted by atomic mass is 16.8. The first-order valence-corrected chi connectivity index (χ1v) is 12.4. The van der Waals surface area contributed by atoms with Crippen LogP contribution in [0.2, 0.25) is 0 Å². The molecule has 0 aliphatic carbocycles. The number of hydrogen-bond donors (Lipinski definition) is 5. The fourth-order valence-electron chi connectivity index (χ4n) is 4.86. The Labute approximate surface area is 223 Å². The number of hydrogen-bond acceptors (Lipinski definition) is 13. The number of benzene rings is 1. The fourth-order valence-corrected chi connectivity index (χ4v) is 4.86. The smallest absolute Gasteiger partial charge is 0.337 e. The molecule has 1 aromatic rings. The highest BCUT2D eigenvalue weighted by Crippen LogP contribution is 2.42. The van der Waals surface area contributed by atoms with Crippen LogP contribution in [0.4, 0.5) is 0 Å². The Morgan fingerprint density at radius 2 is 1.74 bits per heavy atom. The molecule has 10 atom stereocenters. The van der Waals surface area contributed by atoms with Gasteiger partial charge in [0.1, 0.15) is 36.8 Å². The highest BCUT2D eigenvalue weighted by Gasteiger charge is 2.51. The van der Waals surface area contributed by atoms with Crippen molar-refractivity contribution >= 4 is 18.0 Å². The van der Waals surface area contributed by atoms with Crippen LogP contribution < -0.4 is 0 Å². The maximum atomic E-state index is 12.3. The molecule has 0 amide bonds. The van der Waals surface area contributed by atoms with Crippen molar-refractivity contribution in [2.75, 3.05) is 13.7 Å². The molecule has 1 aromatic carbocycles. The van der Waals surface area contributed by atoms with E-state index in [0.29, 0.717) is 5.56 Å². The van der Waals surface area contributed by atoms with Crippen LogP contribution in [0.3, 0.4) is 0 Å². The second-order valence-electron chi connectivity index (χ2n) is 9.49. The zero-order chi connectivity index (χ0) is 28.3. The van der Waals surface area contributed by atoms with Crippen LogP contribution in [0.1, 0.15) is 18.9 Å². The maximum absolute atomic E-state index is 12.3. The number of esters is 2. The van der Waals surface area contributed by atoms with Gasteiger partial charge in [-0.15, -0.1) is 0 Å². The summed E-state index contributed by atoms with van der Waals surface area (Å²) in [4.78, 5) is 24.4. The molecule has 3 aliphatic heterocycles. The summed E-state index contributed by atoms with van der Waals surface area (Å²) >= 11 is 0. The van der Waals surface area contributed by atoms with E-state index in [1.54, 1.807) is 19.1 Å². The second kappa shape index (κ2) is 12.4. The van der Waals surface area contributed by atoms with Crippen molar-refractivity contribution in [3.05, 3.63) is 47.7 Å². The number of carbonyl (C=O) groups is 2. The van der Waals surface area contributed by atoms with Crippen molar-refractivity contribution < 1.29 is 63.5 Å². The molecule has 0 aromatic heterocycles. The lowest BCUT2D eigenvalue weighted by Gasteiger charge is -2.47. The third-order valence-corrected chi connectivity index (χ3v) is 6.93. The summed E-state index contributed by atoms with van der Waals surface area (Å²) in [6.45, 7) is 1.18. The number of aliphatic hydroxyl groups excluding tert-OH is 4. The summed E-state index contributed by atoms with van der Waals surface area (Å²) in [5.74, 6) is -2.52. The van der Waals surface area contributed by atoms with E-state index in [2.05, 4.69) is 0 Å². The van der Waals surface area contributed by atoms with Gasteiger partial charge in [0.15, 0.2) is 12.6 Å². The summed E-state index contributed by atoms with van der Waals surface area (Å²) in [6, 6.07) is 6.09. The lowest BCUT2D eigenvalue weighted by molar-refractivity contribution is -0.352. The summed E-state index contributed by atoms with van der Waals surface area (Å²) in [7, 11) is 1.22. The topological polar surface area (TPSA) is 191 Å². The van der Waals surface area contributed by atoms with Crippen LogP contribution in [-0.4, -0.2) is 101 Å². The first-order valence-electron chi connectivity index (χ1n) is 12.4. The van der Waals surface area contributed by atoms with Gasteiger partial charge in [-0.25, -0.2) is 9.59 Å². The van der Waals surface area contributed by atoms with Gasteiger partial charge >= 0.3 is 11.9 Å². The van der Waals surface area contributed by atoms with E-state index in [0.717, 1.165) is 12.3 Å². The zero-order valence-electron chi connectivity index (χ0n) is 21.2. The van der Waals surface area contributed by atoms with Crippen molar-refractivity contribution in [2.24, 2.45) is 11.8 Å². The van der Waals surface area contributed by atoms with Crippen LogP contribution in [0.5, 0.6) is 5.75 Å². The van der Waals surface area contributed by atoms with E-state index < -0.39 is 79.8 Å². The number of carbonyl (C=O) groups excluding carboxylic acids is 2. The van der Waals surface area contributed by atoms with E-state index in [1.165, 1.54) is 25.3 Å². The molecule has 5 N–H and O–H groups in total. The largest absolute Gasteiger partial charge is 0.508 e. The lowest BCUT2D eigenvalue weighted by Crippen LogP contribution is -2.61. The molecule has 0 radical (unpaired) electrons. The third-order valence-electron chi connectivity index (χ3n) is 6.93. The molecule has 0 spiro atoms. The molecule has 3 aliphatic rings. The standard InChI is InChI=1S/C26H32O13/c1-12-20-15(9-19(29)37-12)16(24(33)34-2)10-36-25(20)39-26-23(32)22(31)21(30)17(38-26)11-35-18(28)8-5-13-3-6-14(27)7-4-13/h3-8,10,12,15,17,19-23,25-27,29-32H,9,11H2,1-2H3/b8-5-/t12-,15+,17+,19+,20+,21+,22-,23+,25+,26-/m0/s1. The van der Waals surface area contributed by atoms with E-state index in [4.69, 9.17) is 28.4 Å². The second-order valence-corrected chi connectivity index (χ2v) is 9.49. The molecule has 2 fully saturated rings. The number of ether oxygens (including phenoxy) is 6. The molecule has 2 saturated heterocycles. The van der Waals surface area contributed by atoms with Gasteiger partial charge in [-0.05, 0) is 30.7 Å². The van der Waals surface area contributed by atoms with Crippen molar-refractivity contribution in [1.82, 2.24) is 0 Å². The SMILES string of the molecule is COC(=O)C1=CO[C@H](O[C@@H]2O[C@H](COC(=O)/C=C\c3ccc(O)cc3)[C@@H](O)[C@H](O)[C@H]2O)[C@@H]2[C@H](C)O[C@@H](O)C[C@H]12. The molecule has 214 valence electrons. The van der Waals surface area contributed by atoms with Gasteiger partial charge in [-0.1, -0.05) is 12.1 Å². The molecule has 0 saturated carbocycles. The van der Waals surface area contributed by atoms with Gasteiger partial charge in [0.25, 0.3) is 0 Å². The quantitative estimate of drug-likeness (QED) is 0.216. The number of aliphatic hydroxyl groups is 4. The van der Waals surface area contributed by atoms with Crippen LogP contribution in [0, 0.1) is 11.8 Å². The minimum absolute atomic E-state index is 0.0603. The van der Waals surface area contributed by atoms with Crippen LogP contribution in [0.25, 0.3) is 6.08 Å². The summed E-state index contributed by atoms with van der Waals surface area (Å²) in [5, 5.41) is 50.8. The zero-order valence-corrected chi connectivity index (χ0v) is 21.2. The van der Waals surface area contributed by atoms with Crippen molar-refractivity contribution in [3.8, 4) is 5.75 Å². The Balaban J connectivity index is 1.42. The Bertz CT molecular complexity index is 1070. The Morgan fingerprint density at radius 1 is 1.03 bits per heavy atom. The molecule has 3 heterocycles. The van der Waals surface area contributed by atoms with Gasteiger partial charge < -0.3 is 54.0 Å². The molecule has 13 heteroatoms. The van der Waals surface area contributed by atoms with E-state index in [1.807, 2.05) is 0 Å². The molecule has 0 bridgehead atoms. The molecule has 13 nitrogen and oxygen atoms in total. The number of rotatable bonds is 7. The van der Waals surface area contributed by atoms with Gasteiger partial charge in [-0.3, -0.25) is 0 Å². The number of methoxy groups -OCH3 is 1. The summed E-state index contributed by atoms with van der Waals surface area (Å²) in [6.07, 6.45) is -6.89. The molecule has 0 unspecified atom stereocenters. The van der Waals surface area contributed by atoms with Crippen molar-refractivity contribution in [1.29, 1.82) is 0 Å². The van der Waals surface area contributed by atoms with Crippen LogP contribution in [0.15, 0.2) is 42.2 Å². The average Bonchev–Trinajstić information content (AvgIpc) is 2.91. The predicted molar refractivity (Wildman–Crippen MR) is 129 cm³/mol. The van der Waals surface area contributed by atoms with Crippen molar-refractivity contribution in [3.63, 3.8) is 0 Å². The lowest BCUT2D eigenvalue weighted by atomic mass is 9.77. The number of phenols is 1. The van der Waals surface area contributed by atoms with Crippen molar-refractivity contribution in [2.45, 2.75) is 62.7 Å².